The highest BCUT2D eigenvalue weighted by Gasteiger charge is 2.27. The normalized spacial score (nSPS) is 13.4. The van der Waals surface area contributed by atoms with Crippen LogP contribution in [-0.4, -0.2) is 40.0 Å². The maximum absolute atomic E-state index is 10.2. The van der Waals surface area contributed by atoms with Crippen LogP contribution in [0.4, 0.5) is 0 Å². The van der Waals surface area contributed by atoms with E-state index in [2.05, 4.69) is 98.8 Å². The van der Waals surface area contributed by atoms with Crippen molar-refractivity contribution < 1.29 is 14.7 Å². The summed E-state index contributed by atoms with van der Waals surface area (Å²) < 4.78 is 1.17. The Labute approximate surface area is 329 Å². The predicted molar refractivity (Wildman–Crippen MR) is 232 cm³/mol. The summed E-state index contributed by atoms with van der Waals surface area (Å²) in [6, 6.07) is 22.5. The van der Waals surface area contributed by atoms with Crippen molar-refractivity contribution in [2.45, 2.75) is 206 Å². The number of nitrogens with zero attached hydrogens (tertiary/aromatic N) is 1. The number of allylic oxidation sites excluding steroid dienone is 2. The number of quaternary nitrogens is 1. The van der Waals surface area contributed by atoms with E-state index in [1.807, 2.05) is 0 Å². The van der Waals surface area contributed by atoms with Crippen molar-refractivity contribution in [1.29, 1.82) is 0 Å². The molecule has 3 nitrogen and oxygen atoms in total. The Hall–Kier alpha value is -2.20. The first-order chi connectivity index (χ1) is 26.1. The molecule has 0 saturated heterocycles. The lowest BCUT2D eigenvalue weighted by atomic mass is 10.0. The van der Waals surface area contributed by atoms with Crippen LogP contribution in [0.5, 0.6) is 0 Å². The van der Waals surface area contributed by atoms with Crippen molar-refractivity contribution in [3.05, 3.63) is 96.1 Å². The van der Waals surface area contributed by atoms with Crippen molar-refractivity contribution in [3.8, 4) is 0 Å². The van der Waals surface area contributed by atoms with Crippen LogP contribution in [0.15, 0.2) is 85.0 Å². The standard InChI is InChI=1S/C50H84NO2/c1-3-5-7-29-39-49(52)41-31-19-15-11-9-13-17-21-33-43-51(45-47-35-25-23-26-36-47,46-48-37-27-24-28-38-48)44-34-22-18-14-10-12-16-20-32-42-50(53)40-30-8-6-4-2/h19-20,23-28,31-32,35-38,49-50,52-53H,3-18,21-22,29-30,33-34,39-46H2,1-2H3/q+1/b31-19-,32-20-/t49-,50-/m1/s1. The third-order valence-corrected chi connectivity index (χ3v) is 11.2. The minimum Gasteiger partial charge on any atom is -0.393 e. The lowest BCUT2D eigenvalue weighted by Crippen LogP contribution is -2.48. The lowest BCUT2D eigenvalue weighted by Gasteiger charge is -2.39. The Kier molecular flexibility index (Phi) is 29.4. The van der Waals surface area contributed by atoms with Gasteiger partial charge in [-0.05, 0) is 77.0 Å². The molecule has 0 spiro atoms. The molecule has 0 amide bonds. The molecule has 3 heteroatoms. The van der Waals surface area contributed by atoms with Crippen molar-refractivity contribution in [1.82, 2.24) is 0 Å². The zero-order valence-electron chi connectivity index (χ0n) is 34.8. The molecule has 0 aliphatic heterocycles. The Morgan fingerprint density at radius 2 is 0.792 bits per heavy atom. The van der Waals surface area contributed by atoms with Crippen molar-refractivity contribution >= 4 is 0 Å². The summed E-state index contributed by atoms with van der Waals surface area (Å²) in [7, 11) is 0. The number of aliphatic hydroxyl groups is 2. The highest BCUT2D eigenvalue weighted by Crippen LogP contribution is 2.24. The van der Waals surface area contributed by atoms with E-state index in [9.17, 15) is 10.2 Å². The average molecular weight is 731 g/mol. The SMILES string of the molecule is CCCCCC[C@@H](O)C/C=C\CCCCCCCC[N+](CCCCCCCC/C=C\C[C@H](O)CCCCCC)(Cc1ccccc1)Cc1ccccc1. The van der Waals surface area contributed by atoms with Crippen LogP contribution in [0.25, 0.3) is 0 Å². The number of hydrogen-bond acceptors (Lipinski definition) is 2. The summed E-state index contributed by atoms with van der Waals surface area (Å²) in [6.45, 7) is 9.23. The van der Waals surface area contributed by atoms with E-state index >= 15 is 0 Å². The molecule has 2 N–H and O–H groups in total. The second-order valence-corrected chi connectivity index (χ2v) is 16.3. The molecule has 0 bridgehead atoms. The molecule has 2 atom stereocenters. The molecule has 53 heavy (non-hydrogen) atoms. The van der Waals surface area contributed by atoms with Gasteiger partial charge in [-0.1, -0.05) is 189 Å². The summed E-state index contributed by atoms with van der Waals surface area (Å²) in [5.74, 6) is 0. The Morgan fingerprint density at radius 1 is 0.434 bits per heavy atom. The van der Waals surface area contributed by atoms with Crippen LogP contribution in [0.1, 0.15) is 192 Å². The monoisotopic (exact) mass is 731 g/mol. The molecule has 2 aromatic rings. The van der Waals surface area contributed by atoms with Gasteiger partial charge < -0.3 is 14.7 Å². The van der Waals surface area contributed by atoms with Gasteiger partial charge in [-0.2, -0.15) is 0 Å². The van der Waals surface area contributed by atoms with Crippen LogP contribution in [0.3, 0.4) is 0 Å². The molecule has 2 rings (SSSR count). The zero-order chi connectivity index (χ0) is 37.9. The van der Waals surface area contributed by atoms with Gasteiger partial charge in [-0.15, -0.1) is 0 Å². The van der Waals surface area contributed by atoms with Gasteiger partial charge in [0.25, 0.3) is 0 Å². The third-order valence-electron chi connectivity index (χ3n) is 11.2. The van der Waals surface area contributed by atoms with Crippen molar-refractivity contribution in [2.24, 2.45) is 0 Å². The minimum absolute atomic E-state index is 0.155. The number of benzene rings is 2. The summed E-state index contributed by atoms with van der Waals surface area (Å²) in [5, 5.41) is 20.4. The van der Waals surface area contributed by atoms with Gasteiger partial charge in [0.2, 0.25) is 0 Å². The van der Waals surface area contributed by atoms with Crippen LogP contribution >= 0.6 is 0 Å². The largest absolute Gasteiger partial charge is 0.393 e. The van der Waals surface area contributed by atoms with Gasteiger partial charge >= 0.3 is 0 Å². The minimum atomic E-state index is -0.155. The zero-order valence-corrected chi connectivity index (χ0v) is 34.8. The smallest absolute Gasteiger partial charge is 0.105 e. The molecular weight excluding hydrogens is 647 g/mol. The lowest BCUT2D eigenvalue weighted by molar-refractivity contribution is -0.954. The first-order valence-corrected chi connectivity index (χ1v) is 22.7. The molecular formula is C50H84NO2+. The van der Waals surface area contributed by atoms with Gasteiger partial charge in [0, 0.05) is 11.1 Å². The number of hydrogen-bond donors (Lipinski definition) is 2. The van der Waals surface area contributed by atoms with Gasteiger partial charge in [0.05, 0.1) is 25.3 Å². The van der Waals surface area contributed by atoms with Gasteiger partial charge in [0.1, 0.15) is 13.1 Å². The number of aliphatic hydroxyl groups excluding tert-OH is 2. The van der Waals surface area contributed by atoms with E-state index in [0.717, 1.165) is 64.5 Å². The fourth-order valence-corrected chi connectivity index (χ4v) is 7.85. The molecule has 0 unspecified atom stereocenters. The first-order valence-electron chi connectivity index (χ1n) is 22.7. The molecule has 0 aliphatic carbocycles. The maximum Gasteiger partial charge on any atom is 0.105 e. The van der Waals surface area contributed by atoms with Crippen LogP contribution in [-0.2, 0) is 13.1 Å². The topological polar surface area (TPSA) is 40.5 Å². The van der Waals surface area contributed by atoms with E-state index in [1.54, 1.807) is 0 Å². The quantitative estimate of drug-likeness (QED) is 0.0416. The van der Waals surface area contributed by atoms with Crippen molar-refractivity contribution in [3.63, 3.8) is 0 Å². The summed E-state index contributed by atoms with van der Waals surface area (Å²) in [5.41, 5.74) is 2.94. The number of unbranched alkanes of at least 4 members (excludes halogenated alkanes) is 18. The van der Waals surface area contributed by atoms with Crippen LogP contribution < -0.4 is 0 Å². The van der Waals surface area contributed by atoms with E-state index in [4.69, 9.17) is 0 Å². The highest BCUT2D eigenvalue weighted by molar-refractivity contribution is 5.15. The summed E-state index contributed by atoms with van der Waals surface area (Å²) in [6.07, 6.45) is 40.3. The molecule has 0 radical (unpaired) electrons. The molecule has 0 heterocycles. The van der Waals surface area contributed by atoms with Crippen LogP contribution in [0, 0.1) is 0 Å². The fraction of sp³-hybridized carbons (Fsp3) is 0.680. The maximum atomic E-state index is 10.2. The first kappa shape index (κ1) is 47.0. The molecule has 2 aromatic carbocycles. The van der Waals surface area contributed by atoms with Gasteiger partial charge in [-0.3, -0.25) is 0 Å². The summed E-state index contributed by atoms with van der Waals surface area (Å²) >= 11 is 0. The highest BCUT2D eigenvalue weighted by atomic mass is 16.3. The second kappa shape index (κ2) is 33.2. The molecule has 0 aromatic heterocycles. The number of rotatable bonds is 36. The Morgan fingerprint density at radius 3 is 1.19 bits per heavy atom. The average Bonchev–Trinajstić information content (AvgIpc) is 3.17. The predicted octanol–water partition coefficient (Wildman–Crippen LogP) is 14.2. The fourth-order valence-electron chi connectivity index (χ4n) is 7.85. The summed E-state index contributed by atoms with van der Waals surface area (Å²) in [4.78, 5) is 0. The molecule has 0 aliphatic rings. The molecule has 0 saturated carbocycles. The second-order valence-electron chi connectivity index (χ2n) is 16.3. The van der Waals surface area contributed by atoms with E-state index < -0.39 is 0 Å². The Bertz CT molecular complexity index is 1020. The van der Waals surface area contributed by atoms with Crippen LogP contribution in [0.2, 0.25) is 0 Å². The molecule has 0 fully saturated rings. The van der Waals surface area contributed by atoms with E-state index in [0.29, 0.717) is 0 Å². The van der Waals surface area contributed by atoms with Gasteiger partial charge in [0.15, 0.2) is 0 Å². The Balaban J connectivity index is 1.74. The third kappa shape index (κ3) is 26.3. The molecule has 300 valence electrons. The van der Waals surface area contributed by atoms with E-state index in [1.165, 1.54) is 144 Å². The van der Waals surface area contributed by atoms with Crippen molar-refractivity contribution in [2.75, 3.05) is 13.1 Å². The van der Waals surface area contributed by atoms with E-state index in [-0.39, 0.29) is 12.2 Å². The van der Waals surface area contributed by atoms with Gasteiger partial charge in [-0.25, -0.2) is 0 Å².